The number of carboxylic acid groups (broad SMARTS) is 1. The van der Waals surface area contributed by atoms with Crippen LogP contribution >= 0.6 is 0 Å². The van der Waals surface area contributed by atoms with Crippen LogP contribution < -0.4 is 15.4 Å². The Balaban J connectivity index is 1.48. The van der Waals surface area contributed by atoms with Crippen LogP contribution in [0.25, 0.3) is 0 Å². The zero-order chi connectivity index (χ0) is 23.0. The number of ether oxygens (including phenoxy) is 1. The molecule has 0 saturated heterocycles. The highest BCUT2D eigenvalue weighted by Gasteiger charge is 2.19. The maximum Gasteiger partial charge on any atom is 0.307 e. The maximum atomic E-state index is 12.8. The number of anilines is 3. The lowest BCUT2D eigenvalue weighted by molar-refractivity contribution is -0.138. The Bertz CT molecular complexity index is 1210. The summed E-state index contributed by atoms with van der Waals surface area (Å²) in [5.41, 5.74) is 2.43. The molecule has 166 valence electrons. The predicted molar refractivity (Wildman–Crippen MR) is 125 cm³/mol. The van der Waals surface area contributed by atoms with Gasteiger partial charge in [-0.05, 0) is 42.0 Å². The second kappa shape index (κ2) is 10.1. The van der Waals surface area contributed by atoms with Gasteiger partial charge in [-0.15, -0.1) is 0 Å². The number of nitrogens with zero attached hydrogens (tertiary/aromatic N) is 1. The Labute approximate surface area is 190 Å². The van der Waals surface area contributed by atoms with Crippen molar-refractivity contribution < 1.29 is 19.4 Å². The number of carbonyl (C=O) groups excluding carboxylic acids is 1. The molecule has 0 spiro atoms. The molecule has 33 heavy (non-hydrogen) atoms. The third kappa shape index (κ3) is 5.76. The molecule has 4 N–H and O–H groups in total. The average Bonchev–Trinajstić information content (AvgIpc) is 3.34. The van der Waals surface area contributed by atoms with Crippen molar-refractivity contribution >= 4 is 29.2 Å². The largest absolute Gasteiger partial charge is 0.483 e. The number of aromatic nitrogens is 2. The summed E-state index contributed by atoms with van der Waals surface area (Å²) in [6.07, 6.45) is 2.44. The number of nitrogens with one attached hydrogen (secondary N) is 3. The molecule has 1 heterocycles. The molecule has 1 atom stereocenters. The van der Waals surface area contributed by atoms with Crippen molar-refractivity contribution in [2.75, 3.05) is 10.6 Å². The van der Waals surface area contributed by atoms with E-state index in [-0.39, 0.29) is 12.3 Å². The van der Waals surface area contributed by atoms with Gasteiger partial charge in [0.05, 0.1) is 12.1 Å². The van der Waals surface area contributed by atoms with E-state index in [4.69, 9.17) is 4.74 Å². The molecule has 0 aliphatic rings. The summed E-state index contributed by atoms with van der Waals surface area (Å²) in [7, 11) is 0. The first-order valence-corrected chi connectivity index (χ1v) is 10.3. The molecule has 3 aromatic carbocycles. The van der Waals surface area contributed by atoms with Gasteiger partial charge in [0.15, 0.2) is 0 Å². The first kappa shape index (κ1) is 21.6. The first-order valence-electron chi connectivity index (χ1n) is 10.3. The van der Waals surface area contributed by atoms with Crippen molar-refractivity contribution in [1.29, 1.82) is 0 Å². The number of imidazole rings is 1. The van der Waals surface area contributed by atoms with Crippen molar-refractivity contribution in [1.82, 2.24) is 9.97 Å². The van der Waals surface area contributed by atoms with Crippen LogP contribution in [0, 0.1) is 0 Å². The van der Waals surface area contributed by atoms with Crippen molar-refractivity contribution in [3.63, 3.8) is 0 Å². The third-order valence-electron chi connectivity index (χ3n) is 4.84. The molecule has 4 rings (SSSR count). The monoisotopic (exact) mass is 442 g/mol. The highest BCUT2D eigenvalue weighted by atomic mass is 16.5. The molecule has 0 bridgehead atoms. The highest BCUT2D eigenvalue weighted by Crippen LogP contribution is 2.31. The van der Waals surface area contributed by atoms with Crippen LogP contribution in [0.15, 0.2) is 91.3 Å². The number of hydrogen-bond donors (Lipinski definition) is 4. The van der Waals surface area contributed by atoms with Gasteiger partial charge >= 0.3 is 5.97 Å². The molecule has 0 radical (unpaired) electrons. The van der Waals surface area contributed by atoms with Crippen molar-refractivity contribution in [3.8, 4) is 5.75 Å². The van der Waals surface area contributed by atoms with Gasteiger partial charge in [0.25, 0.3) is 5.91 Å². The summed E-state index contributed by atoms with van der Waals surface area (Å²) in [6.45, 7) is 0. The molecule has 0 saturated carbocycles. The van der Waals surface area contributed by atoms with E-state index in [0.717, 1.165) is 11.3 Å². The minimum Gasteiger partial charge on any atom is -0.483 e. The van der Waals surface area contributed by atoms with E-state index < -0.39 is 12.1 Å². The van der Waals surface area contributed by atoms with E-state index in [9.17, 15) is 14.7 Å². The molecular formula is C25H22N4O4. The molecule has 0 aliphatic carbocycles. The van der Waals surface area contributed by atoms with Crippen molar-refractivity contribution in [2.45, 2.75) is 12.5 Å². The van der Waals surface area contributed by atoms with Crippen LogP contribution in [0.1, 0.15) is 28.4 Å². The van der Waals surface area contributed by atoms with E-state index in [1.165, 1.54) is 0 Å². The second-order valence-electron chi connectivity index (χ2n) is 7.21. The first-order chi connectivity index (χ1) is 16.1. The fraction of sp³-hybridized carbons (Fsp3) is 0.0800. The summed E-state index contributed by atoms with van der Waals surface area (Å²) in [5, 5.41) is 15.3. The number of carboxylic acids is 1. The molecule has 4 aromatic rings. The summed E-state index contributed by atoms with van der Waals surface area (Å²) >= 11 is 0. The average molecular weight is 442 g/mol. The number of aromatic amines is 1. The molecule has 1 aromatic heterocycles. The van der Waals surface area contributed by atoms with Crippen LogP contribution in [-0.4, -0.2) is 27.0 Å². The Morgan fingerprint density at radius 3 is 2.39 bits per heavy atom. The Hall–Kier alpha value is -4.59. The number of para-hydroxylation sites is 2. The highest BCUT2D eigenvalue weighted by molar-refractivity contribution is 6.05. The van der Waals surface area contributed by atoms with E-state index in [1.807, 2.05) is 30.3 Å². The van der Waals surface area contributed by atoms with E-state index in [1.54, 1.807) is 60.9 Å². The molecule has 8 nitrogen and oxygen atoms in total. The van der Waals surface area contributed by atoms with Gasteiger partial charge in [0.2, 0.25) is 5.95 Å². The quantitative estimate of drug-likeness (QED) is 0.290. The van der Waals surface area contributed by atoms with E-state index >= 15 is 0 Å². The minimum atomic E-state index is -0.978. The van der Waals surface area contributed by atoms with Gasteiger partial charge in [-0.25, -0.2) is 4.98 Å². The van der Waals surface area contributed by atoms with E-state index in [0.29, 0.717) is 22.9 Å². The van der Waals surface area contributed by atoms with Gasteiger partial charge < -0.3 is 25.5 Å². The zero-order valence-electron chi connectivity index (χ0n) is 17.6. The lowest BCUT2D eigenvalue weighted by Gasteiger charge is -2.20. The van der Waals surface area contributed by atoms with Crippen LogP contribution in [0.4, 0.5) is 17.3 Å². The van der Waals surface area contributed by atoms with Gasteiger partial charge in [-0.2, -0.15) is 0 Å². The maximum absolute atomic E-state index is 12.8. The van der Waals surface area contributed by atoms with Gasteiger partial charge in [0.1, 0.15) is 11.9 Å². The summed E-state index contributed by atoms with van der Waals surface area (Å²) in [6, 6.07) is 23.0. The Kier molecular flexibility index (Phi) is 6.65. The zero-order valence-corrected chi connectivity index (χ0v) is 17.6. The number of amides is 1. The Morgan fingerprint density at radius 2 is 1.70 bits per heavy atom. The molecule has 1 amide bonds. The van der Waals surface area contributed by atoms with Gasteiger partial charge in [0, 0.05) is 23.6 Å². The smallest absolute Gasteiger partial charge is 0.307 e. The molecule has 1 unspecified atom stereocenters. The van der Waals surface area contributed by atoms with E-state index in [2.05, 4.69) is 20.6 Å². The molecule has 0 aliphatic heterocycles. The number of benzene rings is 3. The van der Waals surface area contributed by atoms with Crippen LogP contribution in [0.3, 0.4) is 0 Å². The predicted octanol–water partition coefficient (Wildman–Crippen LogP) is 5.00. The number of H-pyrrole nitrogens is 1. The fourth-order valence-corrected chi connectivity index (χ4v) is 3.25. The number of hydrogen-bond acceptors (Lipinski definition) is 5. The van der Waals surface area contributed by atoms with Gasteiger partial charge in [-0.3, -0.25) is 9.59 Å². The fourth-order valence-electron chi connectivity index (χ4n) is 3.25. The normalized spacial score (nSPS) is 11.4. The molecular weight excluding hydrogens is 420 g/mol. The summed E-state index contributed by atoms with van der Waals surface area (Å²) in [5.74, 6) is -0.302. The topological polar surface area (TPSA) is 116 Å². The standard InChI is InChI=1S/C25H22N4O4/c30-23(31)16-22(17-6-2-1-3-7-17)33-21-9-5-4-8-20(21)29-24(32)18-10-12-19(13-11-18)28-25-26-14-15-27-25/h1-15,22H,16H2,(H,29,32)(H,30,31)(H2,26,27,28). The minimum absolute atomic E-state index is 0.212. The summed E-state index contributed by atoms with van der Waals surface area (Å²) in [4.78, 5) is 31.3. The van der Waals surface area contributed by atoms with Gasteiger partial charge in [-0.1, -0.05) is 42.5 Å². The number of aliphatic carboxylic acids is 1. The van der Waals surface area contributed by atoms with Crippen LogP contribution in [-0.2, 0) is 4.79 Å². The number of carbonyl (C=O) groups is 2. The Morgan fingerprint density at radius 1 is 0.970 bits per heavy atom. The van der Waals surface area contributed by atoms with Crippen LogP contribution in [0.5, 0.6) is 5.75 Å². The number of rotatable bonds is 9. The molecule has 8 heteroatoms. The SMILES string of the molecule is O=C(O)CC(Oc1ccccc1NC(=O)c1ccc(Nc2ncc[nH]2)cc1)c1ccccc1. The van der Waals surface area contributed by atoms with Crippen LogP contribution in [0.2, 0.25) is 0 Å². The lowest BCUT2D eigenvalue weighted by atomic mass is 10.1. The summed E-state index contributed by atoms with van der Waals surface area (Å²) < 4.78 is 6.04. The van der Waals surface area contributed by atoms with Crippen molar-refractivity contribution in [3.05, 3.63) is 102 Å². The lowest BCUT2D eigenvalue weighted by Crippen LogP contribution is -2.16. The molecule has 0 fully saturated rings. The third-order valence-corrected chi connectivity index (χ3v) is 4.84. The second-order valence-corrected chi connectivity index (χ2v) is 7.21. The van der Waals surface area contributed by atoms with Crippen molar-refractivity contribution in [2.24, 2.45) is 0 Å².